The van der Waals surface area contributed by atoms with Crippen LogP contribution in [0.2, 0.25) is 0 Å². The summed E-state index contributed by atoms with van der Waals surface area (Å²) in [5.74, 6) is 0. The molecule has 1 saturated carbocycles. The van der Waals surface area contributed by atoms with Gasteiger partial charge in [0.05, 0.1) is 6.10 Å². The van der Waals surface area contributed by atoms with Crippen LogP contribution in [0.15, 0.2) is 0 Å². The van der Waals surface area contributed by atoms with Crippen molar-refractivity contribution in [3.63, 3.8) is 0 Å². The van der Waals surface area contributed by atoms with Crippen molar-refractivity contribution >= 4 is 16.9 Å². The molecule has 2 atom stereocenters. The van der Waals surface area contributed by atoms with Gasteiger partial charge in [-0.2, -0.15) is 0 Å². The van der Waals surface area contributed by atoms with Crippen molar-refractivity contribution < 1.29 is 4.74 Å². The van der Waals surface area contributed by atoms with Gasteiger partial charge in [0.25, 0.3) is 0 Å². The highest BCUT2D eigenvalue weighted by Gasteiger charge is 2.27. The van der Waals surface area contributed by atoms with Crippen molar-refractivity contribution in [2.45, 2.75) is 30.6 Å². The standard InChI is InChI=1S/C7H14N2OS/c1-10-5-3-2-4-6(5)11-7(8)9/h5-6H,2-4H2,1H3,(H3,8,9). The molecule has 0 aliphatic heterocycles. The van der Waals surface area contributed by atoms with E-state index < -0.39 is 0 Å². The van der Waals surface area contributed by atoms with Crippen LogP contribution in [-0.2, 0) is 4.74 Å². The van der Waals surface area contributed by atoms with Crippen molar-refractivity contribution in [3.05, 3.63) is 0 Å². The van der Waals surface area contributed by atoms with Gasteiger partial charge in [-0.05, 0) is 19.3 Å². The molecule has 0 spiro atoms. The number of nitrogens with one attached hydrogen (secondary N) is 1. The van der Waals surface area contributed by atoms with Crippen molar-refractivity contribution in [2.24, 2.45) is 5.73 Å². The van der Waals surface area contributed by atoms with Crippen LogP contribution in [-0.4, -0.2) is 23.6 Å². The van der Waals surface area contributed by atoms with E-state index in [1.807, 2.05) is 0 Å². The van der Waals surface area contributed by atoms with Gasteiger partial charge in [-0.25, -0.2) is 0 Å². The lowest BCUT2D eigenvalue weighted by molar-refractivity contribution is 0.113. The Morgan fingerprint density at radius 2 is 2.36 bits per heavy atom. The van der Waals surface area contributed by atoms with E-state index in [0.717, 1.165) is 12.8 Å². The number of hydrogen-bond acceptors (Lipinski definition) is 3. The molecule has 0 amide bonds. The number of thioether (sulfide) groups is 1. The van der Waals surface area contributed by atoms with Crippen molar-refractivity contribution in [2.75, 3.05) is 7.11 Å². The molecule has 4 heteroatoms. The number of amidine groups is 1. The minimum absolute atomic E-state index is 0.207. The van der Waals surface area contributed by atoms with Gasteiger partial charge in [0.15, 0.2) is 5.17 Å². The lowest BCUT2D eigenvalue weighted by Crippen LogP contribution is -2.22. The van der Waals surface area contributed by atoms with Gasteiger partial charge in [0.2, 0.25) is 0 Å². The fourth-order valence-corrected chi connectivity index (χ4v) is 2.47. The van der Waals surface area contributed by atoms with Crippen molar-refractivity contribution in [1.82, 2.24) is 0 Å². The molecule has 64 valence electrons. The number of methoxy groups -OCH3 is 1. The highest BCUT2D eigenvalue weighted by atomic mass is 32.2. The second-order valence-corrected chi connectivity index (χ2v) is 4.01. The Morgan fingerprint density at radius 1 is 1.64 bits per heavy atom. The maximum Gasteiger partial charge on any atom is 0.151 e. The first kappa shape index (κ1) is 8.87. The summed E-state index contributed by atoms with van der Waals surface area (Å²) in [5.41, 5.74) is 5.28. The lowest BCUT2D eigenvalue weighted by Gasteiger charge is -2.15. The van der Waals surface area contributed by atoms with E-state index in [1.54, 1.807) is 7.11 Å². The number of nitrogens with two attached hydrogens (primary N) is 1. The minimum atomic E-state index is 0.207. The zero-order chi connectivity index (χ0) is 8.27. The Balaban J connectivity index is 2.37. The van der Waals surface area contributed by atoms with Crippen molar-refractivity contribution in [1.29, 1.82) is 5.41 Å². The molecule has 0 saturated heterocycles. The summed E-state index contributed by atoms with van der Waals surface area (Å²) in [7, 11) is 1.73. The van der Waals surface area contributed by atoms with E-state index in [0.29, 0.717) is 11.4 Å². The Hall–Kier alpha value is -0.220. The first-order chi connectivity index (χ1) is 5.24. The molecular formula is C7H14N2OS. The van der Waals surface area contributed by atoms with Crippen LogP contribution in [0.4, 0.5) is 0 Å². The molecule has 0 bridgehead atoms. The zero-order valence-corrected chi connectivity index (χ0v) is 7.49. The van der Waals surface area contributed by atoms with Crippen LogP contribution >= 0.6 is 11.8 Å². The second-order valence-electron chi connectivity index (χ2n) is 2.73. The lowest BCUT2D eigenvalue weighted by atomic mass is 10.3. The SMILES string of the molecule is COC1CCCC1SC(=N)N. The average molecular weight is 174 g/mol. The molecule has 0 aromatic heterocycles. The van der Waals surface area contributed by atoms with Crippen LogP contribution in [0.5, 0.6) is 0 Å². The van der Waals surface area contributed by atoms with Crippen LogP contribution in [0, 0.1) is 5.41 Å². The summed E-state index contributed by atoms with van der Waals surface area (Å²) >= 11 is 1.43. The molecule has 1 rings (SSSR count). The summed E-state index contributed by atoms with van der Waals surface area (Å²) in [6, 6.07) is 0. The molecule has 0 heterocycles. The van der Waals surface area contributed by atoms with Gasteiger partial charge in [0, 0.05) is 12.4 Å². The van der Waals surface area contributed by atoms with E-state index in [4.69, 9.17) is 15.9 Å². The van der Waals surface area contributed by atoms with Crippen molar-refractivity contribution in [3.8, 4) is 0 Å². The number of rotatable bonds is 2. The summed E-state index contributed by atoms with van der Waals surface area (Å²) in [5, 5.41) is 7.73. The largest absolute Gasteiger partial charge is 0.380 e. The van der Waals surface area contributed by atoms with Gasteiger partial charge < -0.3 is 10.5 Å². The third kappa shape index (κ3) is 2.38. The summed E-state index contributed by atoms with van der Waals surface area (Å²) in [6.07, 6.45) is 3.75. The molecule has 0 aromatic rings. The summed E-state index contributed by atoms with van der Waals surface area (Å²) in [4.78, 5) is 0. The molecular weight excluding hydrogens is 160 g/mol. The number of ether oxygens (including phenoxy) is 1. The normalized spacial score (nSPS) is 30.6. The van der Waals surface area contributed by atoms with E-state index in [9.17, 15) is 0 Å². The molecule has 0 aromatic carbocycles. The van der Waals surface area contributed by atoms with Gasteiger partial charge >= 0.3 is 0 Å². The first-order valence-electron chi connectivity index (χ1n) is 3.77. The molecule has 3 N–H and O–H groups in total. The van der Waals surface area contributed by atoms with Gasteiger partial charge in [0.1, 0.15) is 0 Å². The Kier molecular flexibility index (Phi) is 3.20. The predicted octanol–water partition coefficient (Wildman–Crippen LogP) is 1.18. The molecule has 3 nitrogen and oxygen atoms in total. The summed E-state index contributed by atoms with van der Waals surface area (Å²) < 4.78 is 5.25. The highest BCUT2D eigenvalue weighted by Crippen LogP contribution is 2.31. The topological polar surface area (TPSA) is 59.1 Å². The van der Waals surface area contributed by atoms with Crippen LogP contribution in [0.1, 0.15) is 19.3 Å². The second kappa shape index (κ2) is 3.97. The van der Waals surface area contributed by atoms with E-state index in [-0.39, 0.29) is 5.17 Å². The average Bonchev–Trinajstić information content (AvgIpc) is 2.34. The van der Waals surface area contributed by atoms with Gasteiger partial charge in [-0.15, -0.1) is 0 Å². The molecule has 11 heavy (non-hydrogen) atoms. The zero-order valence-electron chi connectivity index (χ0n) is 6.67. The monoisotopic (exact) mass is 174 g/mol. The van der Waals surface area contributed by atoms with E-state index in [1.165, 1.54) is 18.2 Å². The smallest absolute Gasteiger partial charge is 0.151 e. The highest BCUT2D eigenvalue weighted by molar-refractivity contribution is 8.14. The minimum Gasteiger partial charge on any atom is -0.380 e. The maximum absolute atomic E-state index is 7.11. The maximum atomic E-state index is 7.11. The molecule has 1 aliphatic rings. The van der Waals surface area contributed by atoms with Crippen LogP contribution in [0.25, 0.3) is 0 Å². The van der Waals surface area contributed by atoms with Gasteiger partial charge in [-0.3, -0.25) is 5.41 Å². The number of hydrogen-bond donors (Lipinski definition) is 2. The van der Waals surface area contributed by atoms with Crippen LogP contribution in [0.3, 0.4) is 0 Å². The van der Waals surface area contributed by atoms with E-state index in [2.05, 4.69) is 0 Å². The fraction of sp³-hybridized carbons (Fsp3) is 0.857. The third-order valence-electron chi connectivity index (χ3n) is 1.97. The quantitative estimate of drug-likeness (QED) is 0.488. The van der Waals surface area contributed by atoms with Crippen LogP contribution < -0.4 is 5.73 Å². The molecule has 0 radical (unpaired) electrons. The Morgan fingerprint density at radius 3 is 2.91 bits per heavy atom. The molecule has 1 aliphatic carbocycles. The molecule has 1 fully saturated rings. The first-order valence-corrected chi connectivity index (χ1v) is 4.65. The third-order valence-corrected chi connectivity index (χ3v) is 3.07. The van der Waals surface area contributed by atoms with E-state index >= 15 is 0 Å². The Labute approximate surface area is 71.2 Å². The fourth-order valence-electron chi connectivity index (χ4n) is 1.46. The van der Waals surface area contributed by atoms with Gasteiger partial charge in [-0.1, -0.05) is 11.8 Å². The Bertz CT molecular complexity index is 151. The summed E-state index contributed by atoms with van der Waals surface area (Å²) in [6.45, 7) is 0. The predicted molar refractivity (Wildman–Crippen MR) is 47.9 cm³/mol. The molecule has 2 unspecified atom stereocenters.